The molecule has 0 aliphatic carbocycles. The molecule has 152 valence electrons. The van der Waals surface area contributed by atoms with Gasteiger partial charge >= 0.3 is 0 Å². The van der Waals surface area contributed by atoms with E-state index in [0.717, 1.165) is 18.4 Å². The lowest BCUT2D eigenvalue weighted by molar-refractivity contribution is -0.132. The molecule has 3 aromatic rings. The highest BCUT2D eigenvalue weighted by atomic mass is 32.2. The summed E-state index contributed by atoms with van der Waals surface area (Å²) in [7, 11) is -3.27. The van der Waals surface area contributed by atoms with E-state index in [1.807, 2.05) is 41.3 Å². The Bertz CT molecular complexity index is 1170. The van der Waals surface area contributed by atoms with E-state index >= 15 is 0 Å². The Morgan fingerprint density at radius 3 is 2.62 bits per heavy atom. The molecule has 0 saturated carbocycles. The SMILES string of the molecule is Cc1ccccc1C1CCCN1C(=O)Cn1c(CS(C)(=O)=O)nc2ccccc21. The summed E-state index contributed by atoms with van der Waals surface area (Å²) in [4.78, 5) is 19.7. The number of imidazole rings is 1. The predicted octanol–water partition coefficient (Wildman–Crippen LogP) is 3.25. The van der Waals surface area contributed by atoms with Gasteiger partial charge in [-0.25, -0.2) is 13.4 Å². The molecule has 2 aromatic carbocycles. The Hall–Kier alpha value is -2.67. The molecular formula is C22H25N3O3S. The monoisotopic (exact) mass is 411 g/mol. The maximum absolute atomic E-state index is 13.3. The van der Waals surface area contributed by atoms with Crippen LogP contribution in [0, 0.1) is 6.92 Å². The Morgan fingerprint density at radius 2 is 1.86 bits per heavy atom. The lowest BCUT2D eigenvalue weighted by Gasteiger charge is -2.27. The Labute approximate surface area is 171 Å². The largest absolute Gasteiger partial charge is 0.334 e. The first-order chi connectivity index (χ1) is 13.8. The van der Waals surface area contributed by atoms with Gasteiger partial charge in [0.2, 0.25) is 5.91 Å². The van der Waals surface area contributed by atoms with Gasteiger partial charge in [-0.2, -0.15) is 0 Å². The second-order valence-electron chi connectivity index (χ2n) is 7.77. The highest BCUT2D eigenvalue weighted by Gasteiger charge is 2.31. The van der Waals surface area contributed by atoms with Crippen LogP contribution >= 0.6 is 0 Å². The van der Waals surface area contributed by atoms with Crippen molar-refractivity contribution in [3.05, 3.63) is 65.5 Å². The molecule has 2 heterocycles. The minimum absolute atomic E-state index is 0.00587. The van der Waals surface area contributed by atoms with Gasteiger partial charge in [-0.15, -0.1) is 0 Å². The van der Waals surface area contributed by atoms with E-state index in [-0.39, 0.29) is 24.2 Å². The number of nitrogens with zero attached hydrogens (tertiary/aromatic N) is 3. The van der Waals surface area contributed by atoms with E-state index in [0.29, 0.717) is 17.9 Å². The molecule has 29 heavy (non-hydrogen) atoms. The molecule has 0 spiro atoms. The maximum Gasteiger partial charge on any atom is 0.243 e. The van der Waals surface area contributed by atoms with Crippen LogP contribution in [-0.4, -0.2) is 41.6 Å². The first kappa shape index (κ1) is 19.6. The fourth-order valence-corrected chi connectivity index (χ4v) is 4.91. The number of para-hydroxylation sites is 2. The van der Waals surface area contributed by atoms with Crippen molar-refractivity contribution < 1.29 is 13.2 Å². The minimum Gasteiger partial charge on any atom is -0.334 e. The topological polar surface area (TPSA) is 72.3 Å². The van der Waals surface area contributed by atoms with Crippen LogP contribution in [0.25, 0.3) is 11.0 Å². The normalized spacial score (nSPS) is 17.2. The van der Waals surface area contributed by atoms with Crippen LogP contribution in [-0.2, 0) is 26.9 Å². The summed E-state index contributed by atoms with van der Waals surface area (Å²) >= 11 is 0. The third-order valence-electron chi connectivity index (χ3n) is 5.54. The zero-order valence-corrected chi connectivity index (χ0v) is 17.5. The van der Waals surface area contributed by atoms with Gasteiger partial charge in [0.1, 0.15) is 18.1 Å². The zero-order chi connectivity index (χ0) is 20.6. The average molecular weight is 412 g/mol. The third kappa shape index (κ3) is 4.05. The van der Waals surface area contributed by atoms with Gasteiger partial charge in [0.05, 0.1) is 17.1 Å². The number of likely N-dealkylation sites (tertiary alicyclic amines) is 1. The Morgan fingerprint density at radius 1 is 1.14 bits per heavy atom. The van der Waals surface area contributed by atoms with Gasteiger partial charge in [-0.1, -0.05) is 36.4 Å². The lowest BCUT2D eigenvalue weighted by Crippen LogP contribution is -2.34. The third-order valence-corrected chi connectivity index (χ3v) is 6.32. The molecule has 1 fully saturated rings. The van der Waals surface area contributed by atoms with Gasteiger partial charge in [0.25, 0.3) is 0 Å². The Balaban J connectivity index is 1.67. The molecule has 1 aromatic heterocycles. The predicted molar refractivity (Wildman–Crippen MR) is 113 cm³/mol. The standard InChI is InChI=1S/C22H25N3O3S/c1-16-8-3-4-9-17(16)19-12-7-13-24(19)22(26)14-25-20-11-6-5-10-18(20)23-21(25)15-29(2,27)28/h3-6,8-11,19H,7,12-15H2,1-2H3. The molecule has 1 aliphatic heterocycles. The average Bonchev–Trinajstić information content (AvgIpc) is 3.26. The van der Waals surface area contributed by atoms with Crippen molar-refractivity contribution in [3.8, 4) is 0 Å². The number of amides is 1. The minimum atomic E-state index is -3.27. The van der Waals surface area contributed by atoms with Crippen LogP contribution in [0.5, 0.6) is 0 Å². The first-order valence-electron chi connectivity index (χ1n) is 9.80. The van der Waals surface area contributed by atoms with Gasteiger partial charge in [0, 0.05) is 12.8 Å². The van der Waals surface area contributed by atoms with Gasteiger partial charge in [-0.3, -0.25) is 4.79 Å². The first-order valence-corrected chi connectivity index (χ1v) is 11.9. The molecule has 0 bridgehead atoms. The van der Waals surface area contributed by atoms with Crippen LogP contribution in [0.1, 0.15) is 35.8 Å². The van der Waals surface area contributed by atoms with Crippen molar-refractivity contribution in [2.75, 3.05) is 12.8 Å². The number of carbonyl (C=O) groups is 1. The smallest absolute Gasteiger partial charge is 0.243 e. The molecule has 1 atom stereocenters. The molecule has 1 unspecified atom stereocenters. The molecule has 7 heteroatoms. The number of carbonyl (C=O) groups excluding carboxylic acids is 1. The summed E-state index contributed by atoms with van der Waals surface area (Å²) in [5, 5.41) is 0. The van der Waals surface area contributed by atoms with Crippen LogP contribution in [0.4, 0.5) is 0 Å². The molecule has 1 amide bonds. The van der Waals surface area contributed by atoms with Crippen molar-refractivity contribution >= 4 is 26.8 Å². The second kappa shape index (κ2) is 7.63. The summed E-state index contributed by atoms with van der Waals surface area (Å²) < 4.78 is 25.6. The fraction of sp³-hybridized carbons (Fsp3) is 0.364. The number of sulfone groups is 1. The highest BCUT2D eigenvalue weighted by Crippen LogP contribution is 2.34. The number of rotatable bonds is 5. The highest BCUT2D eigenvalue weighted by molar-refractivity contribution is 7.89. The fourth-order valence-electron chi connectivity index (χ4n) is 4.22. The van der Waals surface area contributed by atoms with Crippen molar-refractivity contribution in [3.63, 3.8) is 0 Å². The summed E-state index contributed by atoms with van der Waals surface area (Å²) in [5.41, 5.74) is 3.86. The van der Waals surface area contributed by atoms with Crippen LogP contribution < -0.4 is 0 Å². The lowest BCUT2D eigenvalue weighted by atomic mass is 9.99. The van der Waals surface area contributed by atoms with Crippen LogP contribution in [0.15, 0.2) is 48.5 Å². The van der Waals surface area contributed by atoms with E-state index < -0.39 is 9.84 Å². The number of aromatic nitrogens is 2. The second-order valence-corrected chi connectivity index (χ2v) is 9.91. The number of hydrogen-bond acceptors (Lipinski definition) is 4. The zero-order valence-electron chi connectivity index (χ0n) is 16.7. The summed E-state index contributed by atoms with van der Waals surface area (Å²) in [6.07, 6.45) is 3.09. The number of hydrogen-bond donors (Lipinski definition) is 0. The van der Waals surface area contributed by atoms with Crippen molar-refractivity contribution in [2.45, 2.75) is 38.1 Å². The van der Waals surface area contributed by atoms with Crippen molar-refractivity contribution in [1.82, 2.24) is 14.5 Å². The number of aryl methyl sites for hydroxylation is 1. The van der Waals surface area contributed by atoms with E-state index in [1.165, 1.54) is 17.4 Å². The van der Waals surface area contributed by atoms with E-state index in [1.54, 1.807) is 4.57 Å². The molecular weight excluding hydrogens is 386 g/mol. The number of benzene rings is 2. The molecule has 6 nitrogen and oxygen atoms in total. The summed E-state index contributed by atoms with van der Waals surface area (Å²) in [5.74, 6) is 0.221. The van der Waals surface area contributed by atoms with Crippen LogP contribution in [0.3, 0.4) is 0 Å². The quantitative estimate of drug-likeness (QED) is 0.646. The van der Waals surface area contributed by atoms with Gasteiger partial charge < -0.3 is 9.47 Å². The molecule has 1 saturated heterocycles. The molecule has 0 radical (unpaired) electrons. The van der Waals surface area contributed by atoms with Crippen LogP contribution in [0.2, 0.25) is 0 Å². The maximum atomic E-state index is 13.3. The van der Waals surface area contributed by atoms with Gasteiger partial charge in [0.15, 0.2) is 9.84 Å². The van der Waals surface area contributed by atoms with Crippen molar-refractivity contribution in [2.24, 2.45) is 0 Å². The molecule has 0 N–H and O–H groups in total. The summed E-state index contributed by atoms with van der Waals surface area (Å²) in [6, 6.07) is 15.7. The van der Waals surface area contributed by atoms with E-state index in [4.69, 9.17) is 0 Å². The van der Waals surface area contributed by atoms with E-state index in [2.05, 4.69) is 24.0 Å². The van der Waals surface area contributed by atoms with Gasteiger partial charge in [-0.05, 0) is 43.0 Å². The van der Waals surface area contributed by atoms with E-state index in [9.17, 15) is 13.2 Å². The number of fused-ring (bicyclic) bond motifs is 1. The Kier molecular flexibility index (Phi) is 5.17. The molecule has 1 aliphatic rings. The molecule has 4 rings (SSSR count). The van der Waals surface area contributed by atoms with Crippen molar-refractivity contribution in [1.29, 1.82) is 0 Å². The summed E-state index contributed by atoms with van der Waals surface area (Å²) in [6.45, 7) is 2.88.